The zero-order valence-electron chi connectivity index (χ0n) is 15.7. The van der Waals surface area contributed by atoms with Gasteiger partial charge in [-0.2, -0.15) is 0 Å². The van der Waals surface area contributed by atoms with E-state index in [0.29, 0.717) is 11.3 Å². The Kier molecular flexibility index (Phi) is 5.52. The zero-order valence-corrected chi connectivity index (χ0v) is 15.7. The maximum Gasteiger partial charge on any atom is 0.257 e. The molecule has 0 unspecified atom stereocenters. The van der Waals surface area contributed by atoms with E-state index in [1.54, 1.807) is 6.20 Å². The van der Waals surface area contributed by atoms with Crippen LogP contribution in [0.3, 0.4) is 0 Å². The van der Waals surface area contributed by atoms with Gasteiger partial charge in [0.2, 0.25) is 0 Å². The Morgan fingerprint density at radius 3 is 2.25 bits per heavy atom. The van der Waals surface area contributed by atoms with Crippen molar-refractivity contribution in [2.24, 2.45) is 0 Å². The number of anilines is 2. The predicted molar refractivity (Wildman–Crippen MR) is 111 cm³/mol. The highest BCUT2D eigenvalue weighted by Crippen LogP contribution is 2.23. The molecule has 1 aromatic heterocycles. The highest BCUT2D eigenvalue weighted by molar-refractivity contribution is 6.04. The number of hydrogen-bond acceptors (Lipinski definition) is 4. The van der Waals surface area contributed by atoms with Gasteiger partial charge in [0.25, 0.3) is 5.91 Å². The standard InChI is InChI=1S/C23H23N3O2/c27-23(18-9-14-22(24-17-18)26-15-5-2-6-16-26)25-19-10-12-21(13-11-19)28-20-7-3-1-4-8-20/h1,3-4,7-14,17H,2,5-6,15-16H2,(H,25,27). The molecule has 0 radical (unpaired) electrons. The van der Waals surface area contributed by atoms with Crippen molar-refractivity contribution < 1.29 is 9.53 Å². The van der Waals surface area contributed by atoms with Crippen LogP contribution >= 0.6 is 0 Å². The highest BCUT2D eigenvalue weighted by Gasteiger charge is 2.13. The Morgan fingerprint density at radius 1 is 0.857 bits per heavy atom. The lowest BCUT2D eigenvalue weighted by Gasteiger charge is -2.27. The summed E-state index contributed by atoms with van der Waals surface area (Å²) >= 11 is 0. The second kappa shape index (κ2) is 8.57. The molecule has 28 heavy (non-hydrogen) atoms. The summed E-state index contributed by atoms with van der Waals surface area (Å²) in [6, 6.07) is 20.7. The number of carbonyl (C=O) groups excluding carboxylic acids is 1. The van der Waals surface area contributed by atoms with Crippen LogP contribution in [0.25, 0.3) is 0 Å². The van der Waals surface area contributed by atoms with E-state index in [1.807, 2.05) is 66.7 Å². The average molecular weight is 373 g/mol. The number of ether oxygens (including phenoxy) is 1. The first-order chi connectivity index (χ1) is 13.8. The molecular formula is C23H23N3O2. The van der Waals surface area contributed by atoms with E-state index in [2.05, 4.69) is 15.2 Å². The van der Waals surface area contributed by atoms with Crippen LogP contribution in [0.5, 0.6) is 11.5 Å². The first-order valence-electron chi connectivity index (χ1n) is 9.63. The Labute approximate surface area is 165 Å². The van der Waals surface area contributed by atoms with Gasteiger partial charge in [-0.15, -0.1) is 0 Å². The molecule has 2 heterocycles. The summed E-state index contributed by atoms with van der Waals surface area (Å²) in [5.74, 6) is 2.27. The molecule has 4 rings (SSSR count). The van der Waals surface area contributed by atoms with Crippen molar-refractivity contribution in [3.05, 3.63) is 78.5 Å². The summed E-state index contributed by atoms with van der Waals surface area (Å²) in [4.78, 5) is 19.2. The van der Waals surface area contributed by atoms with E-state index in [9.17, 15) is 4.79 Å². The molecule has 0 aliphatic carbocycles. The number of rotatable bonds is 5. The van der Waals surface area contributed by atoms with Gasteiger partial charge in [-0.05, 0) is 67.8 Å². The van der Waals surface area contributed by atoms with E-state index in [1.165, 1.54) is 19.3 Å². The maximum atomic E-state index is 12.5. The van der Waals surface area contributed by atoms with Crippen molar-refractivity contribution in [2.75, 3.05) is 23.3 Å². The van der Waals surface area contributed by atoms with Gasteiger partial charge in [-0.25, -0.2) is 4.98 Å². The smallest absolute Gasteiger partial charge is 0.257 e. The number of nitrogens with one attached hydrogen (secondary N) is 1. The number of carbonyl (C=O) groups is 1. The van der Waals surface area contributed by atoms with Gasteiger partial charge in [-0.1, -0.05) is 18.2 Å². The summed E-state index contributed by atoms with van der Waals surface area (Å²) in [5, 5.41) is 2.90. The molecule has 1 aliphatic rings. The van der Waals surface area contributed by atoms with Crippen LogP contribution in [-0.4, -0.2) is 24.0 Å². The lowest BCUT2D eigenvalue weighted by atomic mass is 10.1. The van der Waals surface area contributed by atoms with E-state index in [-0.39, 0.29) is 5.91 Å². The molecule has 142 valence electrons. The van der Waals surface area contributed by atoms with Gasteiger partial charge < -0.3 is 15.0 Å². The van der Waals surface area contributed by atoms with Crippen LogP contribution in [0, 0.1) is 0 Å². The number of benzene rings is 2. The number of piperidine rings is 1. The summed E-state index contributed by atoms with van der Waals surface area (Å²) in [5.41, 5.74) is 1.26. The minimum absolute atomic E-state index is 0.172. The largest absolute Gasteiger partial charge is 0.457 e. The molecule has 1 fully saturated rings. The second-order valence-electron chi connectivity index (χ2n) is 6.85. The Hall–Kier alpha value is -3.34. The van der Waals surface area contributed by atoms with Gasteiger partial charge in [0, 0.05) is 25.0 Å². The molecule has 1 amide bonds. The van der Waals surface area contributed by atoms with Gasteiger partial charge in [0.15, 0.2) is 0 Å². The number of nitrogens with zero attached hydrogens (tertiary/aromatic N) is 2. The molecular weight excluding hydrogens is 350 g/mol. The molecule has 5 heteroatoms. The predicted octanol–water partition coefficient (Wildman–Crippen LogP) is 5.12. The van der Waals surface area contributed by atoms with E-state index >= 15 is 0 Å². The first kappa shape index (κ1) is 18.0. The Morgan fingerprint density at radius 2 is 1.57 bits per heavy atom. The van der Waals surface area contributed by atoms with Gasteiger partial charge in [-0.3, -0.25) is 4.79 Å². The van der Waals surface area contributed by atoms with Crippen LogP contribution in [0.1, 0.15) is 29.6 Å². The minimum atomic E-state index is -0.172. The van der Waals surface area contributed by atoms with Crippen molar-refractivity contribution in [3.8, 4) is 11.5 Å². The molecule has 0 spiro atoms. The average Bonchev–Trinajstić information content (AvgIpc) is 2.76. The Balaban J connectivity index is 1.36. The zero-order chi connectivity index (χ0) is 19.2. The number of hydrogen-bond donors (Lipinski definition) is 1. The fourth-order valence-corrected chi connectivity index (χ4v) is 3.26. The van der Waals surface area contributed by atoms with Gasteiger partial charge >= 0.3 is 0 Å². The third kappa shape index (κ3) is 4.49. The van der Waals surface area contributed by atoms with Gasteiger partial charge in [0.05, 0.1) is 5.56 Å². The Bertz CT molecular complexity index is 903. The SMILES string of the molecule is O=C(Nc1ccc(Oc2ccccc2)cc1)c1ccc(N2CCCCC2)nc1. The molecule has 0 bridgehead atoms. The molecule has 3 aromatic rings. The summed E-state index contributed by atoms with van der Waals surface area (Å²) in [7, 11) is 0. The third-order valence-corrected chi connectivity index (χ3v) is 4.78. The lowest BCUT2D eigenvalue weighted by molar-refractivity contribution is 0.102. The first-order valence-corrected chi connectivity index (χ1v) is 9.63. The highest BCUT2D eigenvalue weighted by atomic mass is 16.5. The van der Waals surface area contributed by atoms with Crippen LogP contribution in [0.15, 0.2) is 72.9 Å². The number of aromatic nitrogens is 1. The fourth-order valence-electron chi connectivity index (χ4n) is 3.26. The molecule has 1 aliphatic heterocycles. The van der Waals surface area contributed by atoms with Crippen molar-refractivity contribution in [1.82, 2.24) is 4.98 Å². The van der Waals surface area contributed by atoms with Crippen molar-refractivity contribution in [2.45, 2.75) is 19.3 Å². The monoisotopic (exact) mass is 373 g/mol. The summed E-state index contributed by atoms with van der Waals surface area (Å²) in [6.07, 6.45) is 5.33. The molecule has 2 aromatic carbocycles. The van der Waals surface area contributed by atoms with Gasteiger partial charge in [0.1, 0.15) is 17.3 Å². The fraction of sp³-hybridized carbons (Fsp3) is 0.217. The van der Waals surface area contributed by atoms with Crippen LogP contribution < -0.4 is 15.0 Å². The summed E-state index contributed by atoms with van der Waals surface area (Å²) < 4.78 is 5.77. The molecule has 5 nitrogen and oxygen atoms in total. The van der Waals surface area contributed by atoms with Crippen LogP contribution in [-0.2, 0) is 0 Å². The van der Waals surface area contributed by atoms with E-state index < -0.39 is 0 Å². The molecule has 1 saturated heterocycles. The van der Waals surface area contributed by atoms with Crippen molar-refractivity contribution in [1.29, 1.82) is 0 Å². The quantitative estimate of drug-likeness (QED) is 0.675. The number of amides is 1. The normalized spacial score (nSPS) is 13.8. The van der Waals surface area contributed by atoms with E-state index in [4.69, 9.17) is 4.74 Å². The lowest BCUT2D eigenvalue weighted by Crippen LogP contribution is -2.30. The molecule has 1 N–H and O–H groups in total. The molecule has 0 saturated carbocycles. The summed E-state index contributed by atoms with van der Waals surface area (Å²) in [6.45, 7) is 2.08. The van der Waals surface area contributed by atoms with Crippen LogP contribution in [0.2, 0.25) is 0 Å². The number of para-hydroxylation sites is 1. The molecule has 0 atom stereocenters. The third-order valence-electron chi connectivity index (χ3n) is 4.78. The number of pyridine rings is 1. The second-order valence-corrected chi connectivity index (χ2v) is 6.85. The topological polar surface area (TPSA) is 54.5 Å². The minimum Gasteiger partial charge on any atom is -0.457 e. The van der Waals surface area contributed by atoms with Crippen LogP contribution in [0.4, 0.5) is 11.5 Å². The van der Waals surface area contributed by atoms with Crippen molar-refractivity contribution >= 4 is 17.4 Å². The van der Waals surface area contributed by atoms with Crippen molar-refractivity contribution in [3.63, 3.8) is 0 Å². The maximum absolute atomic E-state index is 12.5. The van der Waals surface area contributed by atoms with E-state index in [0.717, 1.165) is 30.4 Å².